The minimum atomic E-state index is -1.21. The monoisotopic (exact) mass is 396 g/mol. The number of halogens is 1. The highest BCUT2D eigenvalue weighted by molar-refractivity contribution is 6.28. The standard InChI is InChI=1S/C13H13ClN4O2.C4H8O3/c1-2-13(7-19)5-3-9(20-13)18-6-4-8-10(15)16-12(14)17-11(8)18;1-3(2)7-4(5)6/h1,4,6,9,19H,3,5,7H2,(H2,15,16,17);3H,1-2H3,(H,5,6). The van der Waals surface area contributed by atoms with Gasteiger partial charge in [0.2, 0.25) is 5.28 Å². The molecule has 0 radical (unpaired) electrons. The van der Waals surface area contributed by atoms with E-state index in [1.54, 1.807) is 26.1 Å². The molecule has 3 rings (SSSR count). The number of anilines is 1. The van der Waals surface area contributed by atoms with Crippen molar-refractivity contribution in [1.82, 2.24) is 14.5 Å². The number of nitrogen functional groups attached to an aromatic ring is 1. The molecule has 0 amide bonds. The first-order chi connectivity index (χ1) is 12.7. The van der Waals surface area contributed by atoms with Crippen LogP contribution in [0.15, 0.2) is 12.3 Å². The zero-order valence-corrected chi connectivity index (χ0v) is 15.7. The summed E-state index contributed by atoms with van der Waals surface area (Å²) in [6.45, 7) is 3.11. The van der Waals surface area contributed by atoms with E-state index in [1.807, 2.05) is 4.57 Å². The van der Waals surface area contributed by atoms with E-state index < -0.39 is 11.8 Å². The molecule has 1 saturated heterocycles. The highest BCUT2D eigenvalue weighted by Gasteiger charge is 2.39. The molecule has 4 N–H and O–H groups in total. The first kappa shape index (κ1) is 20.8. The van der Waals surface area contributed by atoms with Crippen LogP contribution in [0.2, 0.25) is 5.28 Å². The number of carbonyl (C=O) groups is 1. The predicted molar refractivity (Wildman–Crippen MR) is 99.2 cm³/mol. The van der Waals surface area contributed by atoms with Crippen LogP contribution in [0.25, 0.3) is 11.0 Å². The van der Waals surface area contributed by atoms with E-state index in [0.717, 1.165) is 0 Å². The minimum absolute atomic E-state index is 0.0818. The number of terminal acetylenes is 1. The first-order valence-corrected chi connectivity index (χ1v) is 8.54. The second-order valence-electron chi connectivity index (χ2n) is 6.18. The molecule has 1 aliphatic heterocycles. The Kier molecular flexibility index (Phi) is 6.49. The van der Waals surface area contributed by atoms with Gasteiger partial charge in [0.15, 0.2) is 5.60 Å². The van der Waals surface area contributed by atoms with Gasteiger partial charge in [-0.3, -0.25) is 0 Å². The summed E-state index contributed by atoms with van der Waals surface area (Å²) >= 11 is 5.84. The summed E-state index contributed by atoms with van der Waals surface area (Å²) in [6, 6.07) is 1.80. The zero-order chi connectivity index (χ0) is 20.2. The number of aliphatic hydroxyl groups excluding tert-OH is 1. The third kappa shape index (κ3) is 4.80. The van der Waals surface area contributed by atoms with E-state index >= 15 is 0 Å². The van der Waals surface area contributed by atoms with E-state index in [4.69, 9.17) is 33.6 Å². The number of aromatic nitrogens is 3. The third-order valence-electron chi connectivity index (χ3n) is 3.90. The molecule has 2 unspecified atom stereocenters. The van der Waals surface area contributed by atoms with Crippen LogP contribution in [0.5, 0.6) is 0 Å². The number of nitrogens with two attached hydrogens (primary N) is 1. The molecule has 0 saturated carbocycles. The predicted octanol–water partition coefficient (Wildman–Crippen LogP) is 2.43. The molecular weight excluding hydrogens is 376 g/mol. The smallest absolute Gasteiger partial charge is 0.450 e. The van der Waals surface area contributed by atoms with Crippen LogP contribution in [0.3, 0.4) is 0 Å². The van der Waals surface area contributed by atoms with Gasteiger partial charge in [0.25, 0.3) is 0 Å². The average molecular weight is 397 g/mol. The number of nitrogens with zero attached hydrogens (tertiary/aromatic N) is 3. The summed E-state index contributed by atoms with van der Waals surface area (Å²) in [5.74, 6) is 2.84. The topological polar surface area (TPSA) is 133 Å². The lowest BCUT2D eigenvalue weighted by atomic mass is 10.0. The molecule has 0 bridgehead atoms. The Morgan fingerprint density at radius 3 is 2.81 bits per heavy atom. The van der Waals surface area contributed by atoms with Gasteiger partial charge >= 0.3 is 6.16 Å². The van der Waals surface area contributed by atoms with E-state index in [-0.39, 0.29) is 24.2 Å². The van der Waals surface area contributed by atoms with E-state index in [1.165, 1.54) is 0 Å². The Labute approximate surface area is 161 Å². The van der Waals surface area contributed by atoms with Gasteiger partial charge in [0.05, 0.1) is 18.1 Å². The highest BCUT2D eigenvalue weighted by Crippen LogP contribution is 2.37. The van der Waals surface area contributed by atoms with E-state index in [2.05, 4.69) is 20.6 Å². The molecule has 0 spiro atoms. The summed E-state index contributed by atoms with van der Waals surface area (Å²) in [4.78, 5) is 17.7. The maximum absolute atomic E-state index is 9.59. The van der Waals surface area contributed by atoms with Gasteiger partial charge in [-0.05, 0) is 44.4 Å². The van der Waals surface area contributed by atoms with Crippen LogP contribution in [-0.2, 0) is 9.47 Å². The number of hydrogen-bond acceptors (Lipinski definition) is 7. The van der Waals surface area contributed by atoms with E-state index in [9.17, 15) is 9.90 Å². The van der Waals surface area contributed by atoms with Crippen molar-refractivity contribution in [2.24, 2.45) is 0 Å². The van der Waals surface area contributed by atoms with Gasteiger partial charge in [0, 0.05) is 6.20 Å². The Morgan fingerprint density at radius 1 is 1.63 bits per heavy atom. The van der Waals surface area contributed by atoms with Crippen LogP contribution in [0.4, 0.5) is 10.6 Å². The van der Waals surface area contributed by atoms with Crippen molar-refractivity contribution in [2.45, 2.75) is 44.6 Å². The van der Waals surface area contributed by atoms with Gasteiger partial charge in [0.1, 0.15) is 17.7 Å². The highest BCUT2D eigenvalue weighted by atomic mass is 35.5. The van der Waals surface area contributed by atoms with Crippen molar-refractivity contribution >= 4 is 34.6 Å². The third-order valence-corrected chi connectivity index (χ3v) is 4.07. The van der Waals surface area contributed by atoms with Crippen LogP contribution >= 0.6 is 11.6 Å². The van der Waals surface area contributed by atoms with Crippen molar-refractivity contribution in [3.05, 3.63) is 17.5 Å². The maximum Gasteiger partial charge on any atom is 0.506 e. The maximum atomic E-state index is 9.59. The van der Waals surface area contributed by atoms with Crippen LogP contribution in [0, 0.1) is 12.3 Å². The molecule has 0 aromatic carbocycles. The fraction of sp³-hybridized carbons (Fsp3) is 0.471. The van der Waals surface area contributed by atoms with Gasteiger partial charge < -0.3 is 30.0 Å². The zero-order valence-electron chi connectivity index (χ0n) is 14.9. The molecule has 0 aliphatic carbocycles. The molecule has 2 atom stereocenters. The fourth-order valence-electron chi connectivity index (χ4n) is 2.66. The Hall–Kier alpha value is -2.54. The minimum Gasteiger partial charge on any atom is -0.450 e. The quantitative estimate of drug-likeness (QED) is 0.409. The van der Waals surface area contributed by atoms with Crippen molar-refractivity contribution in [2.75, 3.05) is 12.3 Å². The molecule has 1 aliphatic rings. The molecule has 2 aromatic heterocycles. The summed E-state index contributed by atoms with van der Waals surface area (Å²) in [7, 11) is 0. The number of aliphatic hydroxyl groups is 1. The summed E-state index contributed by atoms with van der Waals surface area (Å²) in [5, 5.41) is 18.0. The van der Waals surface area contributed by atoms with Crippen molar-refractivity contribution in [1.29, 1.82) is 0 Å². The molecule has 10 heteroatoms. The Balaban J connectivity index is 0.000000321. The normalized spacial score (nSPS) is 21.6. The van der Waals surface area contributed by atoms with Crippen LogP contribution in [-0.4, -0.2) is 49.2 Å². The molecule has 146 valence electrons. The van der Waals surface area contributed by atoms with Crippen molar-refractivity contribution < 1.29 is 24.5 Å². The fourth-order valence-corrected chi connectivity index (χ4v) is 2.83. The molecule has 9 nitrogen and oxygen atoms in total. The molecule has 27 heavy (non-hydrogen) atoms. The van der Waals surface area contributed by atoms with Gasteiger partial charge in [-0.2, -0.15) is 4.98 Å². The van der Waals surface area contributed by atoms with Gasteiger partial charge in [-0.25, -0.2) is 9.78 Å². The number of hydrogen-bond donors (Lipinski definition) is 3. The molecule has 3 heterocycles. The lowest BCUT2D eigenvalue weighted by molar-refractivity contribution is -0.0615. The second-order valence-corrected chi connectivity index (χ2v) is 6.52. The largest absolute Gasteiger partial charge is 0.506 e. The first-order valence-electron chi connectivity index (χ1n) is 8.17. The number of rotatable bonds is 3. The lowest BCUT2D eigenvalue weighted by Gasteiger charge is -2.21. The number of carboxylic acid groups (broad SMARTS) is 1. The molecule has 2 aromatic rings. The second kappa shape index (κ2) is 8.43. The van der Waals surface area contributed by atoms with Crippen molar-refractivity contribution in [3.63, 3.8) is 0 Å². The summed E-state index contributed by atoms with van der Waals surface area (Å²) in [6.07, 6.45) is 6.77. The summed E-state index contributed by atoms with van der Waals surface area (Å²) < 4.78 is 11.8. The summed E-state index contributed by atoms with van der Waals surface area (Å²) in [5.41, 5.74) is 5.48. The van der Waals surface area contributed by atoms with Crippen LogP contribution < -0.4 is 5.73 Å². The number of fused-ring (bicyclic) bond motifs is 1. The van der Waals surface area contributed by atoms with Gasteiger partial charge in [-0.1, -0.05) is 5.92 Å². The van der Waals surface area contributed by atoms with Crippen LogP contribution in [0.1, 0.15) is 32.9 Å². The number of ether oxygens (including phenoxy) is 2. The van der Waals surface area contributed by atoms with Crippen molar-refractivity contribution in [3.8, 4) is 12.3 Å². The lowest BCUT2D eigenvalue weighted by Crippen LogP contribution is -2.31. The van der Waals surface area contributed by atoms with E-state index in [0.29, 0.717) is 29.7 Å². The SMILES string of the molecule is C#CC1(CO)CCC(n2ccc3c(N)nc(Cl)nc32)O1.CC(C)OC(=O)O. The molecular formula is C17H21ClN4O5. The van der Waals surface area contributed by atoms with Gasteiger partial charge in [-0.15, -0.1) is 6.42 Å². The Morgan fingerprint density at radius 2 is 2.33 bits per heavy atom. The molecule has 1 fully saturated rings. The Bertz CT molecular complexity index is 863. The average Bonchev–Trinajstić information content (AvgIpc) is 3.18.